The van der Waals surface area contributed by atoms with Gasteiger partial charge in [0.1, 0.15) is 5.71 Å². The topological polar surface area (TPSA) is 41.5 Å². The van der Waals surface area contributed by atoms with E-state index in [4.69, 9.17) is 0 Å². The van der Waals surface area contributed by atoms with Crippen molar-refractivity contribution in [2.24, 2.45) is 4.99 Å². The van der Waals surface area contributed by atoms with E-state index >= 15 is 0 Å². The smallest absolute Gasteiger partial charge is 0.270 e. The van der Waals surface area contributed by atoms with Crippen molar-refractivity contribution in [2.45, 2.75) is 12.8 Å². The maximum absolute atomic E-state index is 11.5. The zero-order valence-corrected chi connectivity index (χ0v) is 7.71. The Balaban J connectivity index is 2.14. The summed E-state index contributed by atoms with van der Waals surface area (Å²) in [5, 5.41) is 2.81. The van der Waals surface area contributed by atoms with Crippen molar-refractivity contribution < 1.29 is 4.79 Å². The number of amides is 1. The van der Waals surface area contributed by atoms with Crippen molar-refractivity contribution >= 4 is 11.6 Å². The van der Waals surface area contributed by atoms with Gasteiger partial charge in [0.2, 0.25) is 0 Å². The number of nitrogens with zero attached hydrogens (tertiary/aromatic N) is 1. The number of hydrogen-bond donors (Lipinski definition) is 1. The zero-order valence-electron chi connectivity index (χ0n) is 7.71. The Morgan fingerprint density at radius 3 is 3.21 bits per heavy atom. The van der Waals surface area contributed by atoms with Crippen molar-refractivity contribution in [1.29, 1.82) is 0 Å². The first-order valence-corrected chi connectivity index (χ1v) is 4.83. The van der Waals surface area contributed by atoms with Crippen LogP contribution in [0.3, 0.4) is 0 Å². The van der Waals surface area contributed by atoms with E-state index in [1.54, 1.807) is 0 Å². The van der Waals surface area contributed by atoms with Crippen molar-refractivity contribution in [1.82, 2.24) is 5.32 Å². The fraction of sp³-hybridized carbons (Fsp3) is 0.273. The van der Waals surface area contributed by atoms with Gasteiger partial charge >= 0.3 is 0 Å². The first kappa shape index (κ1) is 7.74. The maximum Gasteiger partial charge on any atom is 0.270 e. The molecule has 2 aliphatic heterocycles. The molecule has 2 heterocycles. The summed E-state index contributed by atoms with van der Waals surface area (Å²) in [5.74, 6) is -0.0194. The lowest BCUT2D eigenvalue weighted by Gasteiger charge is -2.15. The molecule has 0 spiro atoms. The second-order valence-electron chi connectivity index (χ2n) is 3.61. The van der Waals surface area contributed by atoms with Crippen molar-refractivity contribution in [2.75, 3.05) is 6.54 Å². The molecule has 0 aromatic heterocycles. The van der Waals surface area contributed by atoms with Gasteiger partial charge in [-0.25, -0.2) is 4.99 Å². The van der Waals surface area contributed by atoms with Crippen LogP contribution >= 0.6 is 0 Å². The molecule has 1 saturated heterocycles. The van der Waals surface area contributed by atoms with Gasteiger partial charge in [0.15, 0.2) is 0 Å². The highest BCUT2D eigenvalue weighted by Gasteiger charge is 2.30. The molecular formula is C11H10N2O. The highest BCUT2D eigenvalue weighted by atomic mass is 16.1. The van der Waals surface area contributed by atoms with Crippen LogP contribution in [0.2, 0.25) is 0 Å². The van der Waals surface area contributed by atoms with E-state index in [0.717, 1.165) is 30.7 Å². The molecule has 3 rings (SSSR count). The van der Waals surface area contributed by atoms with Crippen LogP contribution in [-0.4, -0.2) is 18.2 Å². The van der Waals surface area contributed by atoms with E-state index in [1.165, 1.54) is 5.57 Å². The normalized spacial score (nSPS) is 23.9. The Hall–Kier alpha value is -1.64. The summed E-state index contributed by atoms with van der Waals surface area (Å²) in [5.41, 5.74) is 4.03. The van der Waals surface area contributed by atoms with Crippen LogP contribution in [0, 0.1) is 0 Å². The van der Waals surface area contributed by atoms with Gasteiger partial charge in [-0.3, -0.25) is 4.79 Å². The summed E-state index contributed by atoms with van der Waals surface area (Å²) in [4.78, 5) is 15.8. The van der Waals surface area contributed by atoms with E-state index in [-0.39, 0.29) is 5.91 Å². The molecule has 3 nitrogen and oxygen atoms in total. The molecule has 0 unspecified atom stereocenters. The molecule has 0 aromatic rings. The number of rotatable bonds is 0. The van der Waals surface area contributed by atoms with Gasteiger partial charge in [-0.2, -0.15) is 0 Å². The second-order valence-corrected chi connectivity index (χ2v) is 3.61. The number of allylic oxidation sites excluding steroid dienone is 4. The summed E-state index contributed by atoms with van der Waals surface area (Å²) in [7, 11) is 0. The Bertz CT molecular complexity index is 438. The van der Waals surface area contributed by atoms with Gasteiger partial charge in [0, 0.05) is 6.54 Å². The summed E-state index contributed by atoms with van der Waals surface area (Å²) < 4.78 is 0. The number of carbonyl (C=O) groups excluding carboxylic acids is 1. The molecule has 70 valence electrons. The Morgan fingerprint density at radius 1 is 1.36 bits per heavy atom. The van der Waals surface area contributed by atoms with E-state index in [1.807, 2.05) is 12.2 Å². The molecular weight excluding hydrogens is 176 g/mol. The number of hydrogen-bond acceptors (Lipinski definition) is 2. The molecule has 3 aliphatic rings. The second kappa shape index (κ2) is 2.67. The van der Waals surface area contributed by atoms with Gasteiger partial charge in [-0.05, 0) is 30.1 Å². The quantitative estimate of drug-likeness (QED) is 0.604. The Labute approximate surface area is 81.9 Å². The lowest BCUT2D eigenvalue weighted by atomic mass is 9.94. The molecule has 1 aliphatic carbocycles. The molecule has 0 bridgehead atoms. The third kappa shape index (κ3) is 0.923. The maximum atomic E-state index is 11.5. The van der Waals surface area contributed by atoms with Crippen LogP contribution in [0.5, 0.6) is 0 Å². The van der Waals surface area contributed by atoms with Gasteiger partial charge in [-0.15, -0.1) is 0 Å². The van der Waals surface area contributed by atoms with Gasteiger partial charge in [-0.1, -0.05) is 12.2 Å². The lowest BCUT2D eigenvalue weighted by molar-refractivity contribution is -0.115. The van der Waals surface area contributed by atoms with Crippen LogP contribution < -0.4 is 5.32 Å². The van der Waals surface area contributed by atoms with Crippen LogP contribution in [0.15, 0.2) is 40.1 Å². The monoisotopic (exact) mass is 186 g/mol. The molecule has 0 saturated carbocycles. The van der Waals surface area contributed by atoms with Gasteiger partial charge in [0.25, 0.3) is 5.91 Å². The predicted molar refractivity (Wildman–Crippen MR) is 53.9 cm³/mol. The SMILES string of the molecule is O=C1NCCC2=C3CC=CC=C3N=C12. The lowest BCUT2D eigenvalue weighted by Crippen LogP contribution is -2.37. The van der Waals surface area contributed by atoms with E-state index in [2.05, 4.69) is 16.4 Å². The van der Waals surface area contributed by atoms with Crippen LogP contribution in [0.1, 0.15) is 12.8 Å². The Kier molecular flexibility index (Phi) is 1.48. The van der Waals surface area contributed by atoms with Crippen LogP contribution in [0.4, 0.5) is 0 Å². The highest BCUT2D eigenvalue weighted by molar-refractivity contribution is 6.47. The van der Waals surface area contributed by atoms with E-state index < -0.39 is 0 Å². The first-order chi connectivity index (χ1) is 6.86. The van der Waals surface area contributed by atoms with Crippen molar-refractivity contribution in [3.05, 3.63) is 35.1 Å². The van der Waals surface area contributed by atoms with E-state index in [0.29, 0.717) is 5.71 Å². The Morgan fingerprint density at radius 2 is 2.29 bits per heavy atom. The third-order valence-electron chi connectivity index (χ3n) is 2.78. The summed E-state index contributed by atoms with van der Waals surface area (Å²) >= 11 is 0. The molecule has 1 amide bonds. The fourth-order valence-electron chi connectivity index (χ4n) is 2.11. The van der Waals surface area contributed by atoms with Crippen LogP contribution in [0.25, 0.3) is 0 Å². The average molecular weight is 186 g/mol. The predicted octanol–water partition coefficient (Wildman–Crippen LogP) is 1.10. The van der Waals surface area contributed by atoms with E-state index in [9.17, 15) is 4.79 Å². The minimum Gasteiger partial charge on any atom is -0.350 e. The molecule has 14 heavy (non-hydrogen) atoms. The molecule has 3 heteroatoms. The third-order valence-corrected chi connectivity index (χ3v) is 2.78. The number of fused-ring (bicyclic) bond motifs is 2. The number of aliphatic imine (C=N–C) groups is 1. The average Bonchev–Trinajstić information content (AvgIpc) is 2.59. The summed E-state index contributed by atoms with van der Waals surface area (Å²) in [6.45, 7) is 0.744. The fourth-order valence-corrected chi connectivity index (χ4v) is 2.11. The van der Waals surface area contributed by atoms with Gasteiger partial charge in [0.05, 0.1) is 5.70 Å². The van der Waals surface area contributed by atoms with Crippen molar-refractivity contribution in [3.8, 4) is 0 Å². The van der Waals surface area contributed by atoms with Crippen LogP contribution in [-0.2, 0) is 4.79 Å². The minimum absolute atomic E-state index is 0.0194. The molecule has 0 radical (unpaired) electrons. The minimum atomic E-state index is -0.0194. The molecule has 1 N–H and O–H groups in total. The molecule has 1 fully saturated rings. The molecule has 0 aromatic carbocycles. The standard InChI is InChI=1S/C11H10N2O/c14-11-10-8(5-6-12-11)7-3-1-2-4-9(7)13-10/h1-2,4H,3,5-6H2,(H,12,14). The van der Waals surface area contributed by atoms with Crippen molar-refractivity contribution in [3.63, 3.8) is 0 Å². The summed E-state index contributed by atoms with van der Waals surface area (Å²) in [6.07, 6.45) is 7.92. The highest BCUT2D eigenvalue weighted by Crippen LogP contribution is 2.33. The zero-order chi connectivity index (χ0) is 9.54. The largest absolute Gasteiger partial charge is 0.350 e. The first-order valence-electron chi connectivity index (χ1n) is 4.83. The number of nitrogens with one attached hydrogen (secondary N) is 1. The number of carbonyl (C=O) groups is 1. The summed E-state index contributed by atoms with van der Waals surface area (Å²) in [6, 6.07) is 0. The number of piperidine rings is 1. The molecule has 0 atom stereocenters. The van der Waals surface area contributed by atoms with Gasteiger partial charge < -0.3 is 5.32 Å².